The summed E-state index contributed by atoms with van der Waals surface area (Å²) in [6, 6.07) is 0.589. The topological polar surface area (TPSA) is 35.5 Å². The first-order valence-corrected chi connectivity index (χ1v) is 16.3. The maximum absolute atomic E-state index is 10.7. The van der Waals surface area contributed by atoms with Crippen LogP contribution in [0, 0.1) is 52.3 Å². The summed E-state index contributed by atoms with van der Waals surface area (Å²) in [5.41, 5.74) is 0.971. The number of hydrogen-bond acceptors (Lipinski definition) is 3. The van der Waals surface area contributed by atoms with E-state index in [1.54, 1.807) is 0 Å². The lowest BCUT2D eigenvalue weighted by Crippen LogP contribution is -2.61. The van der Waals surface area contributed by atoms with Crippen molar-refractivity contribution < 1.29 is 5.11 Å². The number of hydrogen-bond donors (Lipinski definition) is 2. The molecule has 36 heavy (non-hydrogen) atoms. The molecular formula is C33H62N2O. The van der Waals surface area contributed by atoms with Crippen LogP contribution in [0.3, 0.4) is 0 Å². The number of rotatable bonds is 11. The molecule has 4 fully saturated rings. The van der Waals surface area contributed by atoms with Crippen molar-refractivity contribution in [3.05, 3.63) is 0 Å². The van der Waals surface area contributed by atoms with Crippen LogP contribution in [0.2, 0.25) is 0 Å². The molecular weight excluding hydrogens is 440 g/mol. The highest BCUT2D eigenvalue weighted by molar-refractivity contribution is 5.12. The molecule has 4 aliphatic carbocycles. The Hall–Kier alpha value is -0.120. The fourth-order valence-electron chi connectivity index (χ4n) is 10.5. The van der Waals surface area contributed by atoms with Crippen molar-refractivity contribution in [1.82, 2.24) is 10.2 Å². The third-order valence-corrected chi connectivity index (χ3v) is 12.6. The number of nitrogens with zero attached hydrogens (tertiary/aromatic N) is 1. The van der Waals surface area contributed by atoms with E-state index in [9.17, 15) is 5.11 Å². The number of likely N-dealkylation sites (N-methyl/N-ethyl adjacent to an activating group) is 1. The van der Waals surface area contributed by atoms with Crippen molar-refractivity contribution in [3.8, 4) is 0 Å². The third-order valence-electron chi connectivity index (χ3n) is 12.6. The molecule has 0 aromatic rings. The summed E-state index contributed by atoms with van der Waals surface area (Å²) in [5.74, 6) is 6.00. The van der Waals surface area contributed by atoms with E-state index in [0.717, 1.165) is 74.5 Å². The van der Waals surface area contributed by atoms with Gasteiger partial charge in [-0.05, 0) is 117 Å². The zero-order valence-electron chi connectivity index (χ0n) is 25.2. The van der Waals surface area contributed by atoms with Gasteiger partial charge in [-0.1, -0.05) is 67.7 Å². The smallest absolute Gasteiger partial charge is 0.0543 e. The summed E-state index contributed by atoms with van der Waals surface area (Å²) >= 11 is 0. The second kappa shape index (κ2) is 12.0. The zero-order chi connectivity index (χ0) is 26.1. The van der Waals surface area contributed by atoms with Crippen LogP contribution in [0.15, 0.2) is 0 Å². The van der Waals surface area contributed by atoms with Crippen LogP contribution in [0.4, 0.5) is 0 Å². The van der Waals surface area contributed by atoms with Gasteiger partial charge in [0.1, 0.15) is 0 Å². The summed E-state index contributed by atoms with van der Waals surface area (Å²) in [6.07, 6.45) is 14.7. The van der Waals surface area contributed by atoms with Gasteiger partial charge in [0.05, 0.1) is 6.10 Å². The Morgan fingerprint density at radius 1 is 0.861 bits per heavy atom. The molecule has 0 aromatic carbocycles. The molecule has 210 valence electrons. The van der Waals surface area contributed by atoms with Crippen LogP contribution >= 0.6 is 0 Å². The van der Waals surface area contributed by atoms with Crippen molar-refractivity contribution in [1.29, 1.82) is 0 Å². The minimum atomic E-state index is -0.0805. The van der Waals surface area contributed by atoms with E-state index in [2.05, 4.69) is 58.7 Å². The molecule has 2 N–H and O–H groups in total. The Morgan fingerprint density at radius 2 is 1.56 bits per heavy atom. The highest BCUT2D eigenvalue weighted by Crippen LogP contribution is 2.68. The van der Waals surface area contributed by atoms with Crippen molar-refractivity contribution in [2.24, 2.45) is 52.3 Å². The predicted octanol–water partition coefficient (Wildman–Crippen LogP) is 7.38. The SMILES string of the molecule is CCN(CC)CCN[C@@H]1C[C@@H]2[C@H](CC[C@]3(C)[C@@H]([C@H](C)CCCC(C)C)CC[C@@H]23)[C@@]2(C)CC[C@H](O)C[C@H]12. The van der Waals surface area contributed by atoms with Crippen LogP contribution in [0.1, 0.15) is 119 Å². The average Bonchev–Trinajstić information content (AvgIpc) is 3.20. The fourth-order valence-corrected chi connectivity index (χ4v) is 10.5. The normalized spacial score (nSPS) is 43.3. The summed E-state index contributed by atoms with van der Waals surface area (Å²) < 4.78 is 0. The van der Waals surface area contributed by atoms with E-state index >= 15 is 0 Å². The molecule has 3 heteroatoms. The van der Waals surface area contributed by atoms with Gasteiger partial charge < -0.3 is 15.3 Å². The lowest BCUT2D eigenvalue weighted by molar-refractivity contribution is -0.141. The van der Waals surface area contributed by atoms with Crippen molar-refractivity contribution in [3.63, 3.8) is 0 Å². The molecule has 0 amide bonds. The standard InChI is InChI=1S/C33H62N2O/c1-8-35(9-2)20-19-34-31-22-26-28-14-13-27(24(5)12-10-11-23(3)4)32(28,6)18-16-29(26)33(7)17-15-25(36)21-30(31)33/h23-31,34,36H,8-22H2,1-7H3/t24-,25+,26+,27-,28+,29+,30-,31-,32-,33-/m1/s1. The maximum Gasteiger partial charge on any atom is 0.0543 e. The second-order valence-corrected chi connectivity index (χ2v) is 14.8. The van der Waals surface area contributed by atoms with Gasteiger partial charge in [-0.25, -0.2) is 0 Å². The average molecular weight is 503 g/mol. The summed E-state index contributed by atoms with van der Waals surface area (Å²) in [4.78, 5) is 2.55. The van der Waals surface area contributed by atoms with Gasteiger partial charge in [-0.2, -0.15) is 0 Å². The molecule has 0 heterocycles. The lowest BCUT2D eigenvalue weighted by Gasteiger charge is -2.63. The summed E-state index contributed by atoms with van der Waals surface area (Å²) in [5, 5.41) is 14.8. The largest absolute Gasteiger partial charge is 0.393 e. The zero-order valence-corrected chi connectivity index (χ0v) is 25.2. The maximum atomic E-state index is 10.7. The van der Waals surface area contributed by atoms with Crippen molar-refractivity contribution >= 4 is 0 Å². The molecule has 0 saturated heterocycles. The molecule has 4 saturated carbocycles. The van der Waals surface area contributed by atoms with Gasteiger partial charge in [0.2, 0.25) is 0 Å². The van der Waals surface area contributed by atoms with E-state index in [0.29, 0.717) is 22.8 Å². The third kappa shape index (κ3) is 5.60. The van der Waals surface area contributed by atoms with E-state index in [1.165, 1.54) is 57.8 Å². The molecule has 10 atom stereocenters. The Labute approximate surface area is 224 Å². The monoisotopic (exact) mass is 502 g/mol. The van der Waals surface area contributed by atoms with Crippen LogP contribution in [-0.4, -0.2) is 48.3 Å². The summed E-state index contributed by atoms with van der Waals surface area (Å²) in [7, 11) is 0. The minimum absolute atomic E-state index is 0.0805. The van der Waals surface area contributed by atoms with Crippen LogP contribution in [-0.2, 0) is 0 Å². The molecule has 0 unspecified atom stereocenters. The Kier molecular flexibility index (Phi) is 9.59. The first-order chi connectivity index (χ1) is 17.1. The highest BCUT2D eigenvalue weighted by Gasteiger charge is 2.62. The van der Waals surface area contributed by atoms with Gasteiger partial charge in [0.25, 0.3) is 0 Å². The van der Waals surface area contributed by atoms with Gasteiger partial charge in [-0.3, -0.25) is 0 Å². The molecule has 0 spiro atoms. The van der Waals surface area contributed by atoms with Crippen LogP contribution < -0.4 is 5.32 Å². The molecule has 0 radical (unpaired) electrons. The Balaban J connectivity index is 1.50. The van der Waals surface area contributed by atoms with E-state index in [-0.39, 0.29) is 6.10 Å². The van der Waals surface area contributed by atoms with Gasteiger partial charge >= 0.3 is 0 Å². The second-order valence-electron chi connectivity index (χ2n) is 14.8. The lowest BCUT2D eigenvalue weighted by atomic mass is 9.43. The Bertz CT molecular complexity index is 691. The first kappa shape index (κ1) is 28.9. The molecule has 4 aliphatic rings. The Morgan fingerprint density at radius 3 is 2.25 bits per heavy atom. The van der Waals surface area contributed by atoms with Gasteiger partial charge in [0.15, 0.2) is 0 Å². The molecule has 3 nitrogen and oxygen atoms in total. The first-order valence-electron chi connectivity index (χ1n) is 16.3. The quantitative estimate of drug-likeness (QED) is 0.309. The van der Waals surface area contributed by atoms with E-state index < -0.39 is 0 Å². The molecule has 0 aromatic heterocycles. The van der Waals surface area contributed by atoms with E-state index in [4.69, 9.17) is 0 Å². The molecule has 0 aliphatic heterocycles. The number of aliphatic hydroxyl groups is 1. The van der Waals surface area contributed by atoms with Gasteiger partial charge in [-0.15, -0.1) is 0 Å². The predicted molar refractivity (Wildman–Crippen MR) is 154 cm³/mol. The van der Waals surface area contributed by atoms with Crippen LogP contribution in [0.25, 0.3) is 0 Å². The highest BCUT2D eigenvalue weighted by atomic mass is 16.3. The van der Waals surface area contributed by atoms with Crippen LogP contribution in [0.5, 0.6) is 0 Å². The number of aliphatic hydroxyl groups excluding tert-OH is 1. The molecule has 4 rings (SSSR count). The minimum Gasteiger partial charge on any atom is -0.393 e. The van der Waals surface area contributed by atoms with Crippen molar-refractivity contribution in [2.45, 2.75) is 131 Å². The van der Waals surface area contributed by atoms with Crippen molar-refractivity contribution in [2.75, 3.05) is 26.2 Å². The van der Waals surface area contributed by atoms with Gasteiger partial charge in [0, 0.05) is 19.1 Å². The van der Waals surface area contributed by atoms with E-state index in [1.807, 2.05) is 0 Å². The fraction of sp³-hybridized carbons (Fsp3) is 1.00. The number of nitrogens with one attached hydrogen (secondary N) is 1. The molecule has 0 bridgehead atoms. The summed E-state index contributed by atoms with van der Waals surface area (Å²) in [6.45, 7) is 21.9. The number of fused-ring (bicyclic) bond motifs is 5.